The van der Waals surface area contributed by atoms with Gasteiger partial charge in [0.2, 0.25) is 5.91 Å². The predicted octanol–water partition coefficient (Wildman–Crippen LogP) is 2.04. The van der Waals surface area contributed by atoms with Crippen LogP contribution in [-0.4, -0.2) is 23.3 Å². The number of carbonyl (C=O) groups excluding carboxylic acids is 2. The number of aryl methyl sites for hydroxylation is 1. The van der Waals surface area contributed by atoms with Crippen molar-refractivity contribution in [1.29, 1.82) is 0 Å². The summed E-state index contributed by atoms with van der Waals surface area (Å²) in [5, 5.41) is 4.82. The Morgan fingerprint density at radius 2 is 1.91 bits per heavy atom. The molecule has 0 unspecified atom stereocenters. The van der Waals surface area contributed by atoms with Crippen molar-refractivity contribution in [2.75, 3.05) is 11.9 Å². The van der Waals surface area contributed by atoms with Gasteiger partial charge in [-0.3, -0.25) is 9.59 Å². The maximum absolute atomic E-state index is 13.0. The van der Waals surface area contributed by atoms with Gasteiger partial charge in [-0.2, -0.15) is 0 Å². The van der Waals surface area contributed by atoms with E-state index in [-0.39, 0.29) is 12.1 Å². The molecule has 1 heterocycles. The molecule has 0 aliphatic carbocycles. The summed E-state index contributed by atoms with van der Waals surface area (Å²) in [6.07, 6.45) is 0. The Labute approximate surface area is 125 Å². The molecule has 2 N–H and O–H groups in total. The van der Waals surface area contributed by atoms with E-state index in [4.69, 9.17) is 0 Å². The molecule has 0 aliphatic rings. The smallest absolute Gasteiger partial charge is 0.251 e. The quantitative estimate of drug-likeness (QED) is 0.908. The van der Waals surface area contributed by atoms with Crippen LogP contribution in [0.2, 0.25) is 0 Å². The van der Waals surface area contributed by atoms with E-state index in [1.807, 2.05) is 0 Å². The summed E-state index contributed by atoms with van der Waals surface area (Å²) in [5.41, 5.74) is 0.670. The summed E-state index contributed by atoms with van der Waals surface area (Å²) in [4.78, 5) is 27.5. The molecule has 0 aliphatic heterocycles. The average molecular weight is 305 g/mol. The van der Waals surface area contributed by atoms with Crippen LogP contribution in [0.3, 0.4) is 0 Å². The van der Waals surface area contributed by atoms with E-state index in [1.54, 1.807) is 25.1 Å². The Morgan fingerprint density at radius 1 is 1.14 bits per heavy atom. The van der Waals surface area contributed by atoms with Gasteiger partial charge in [0, 0.05) is 11.3 Å². The molecule has 0 bridgehead atoms. The molecule has 0 fully saturated rings. The number of aromatic nitrogens is 1. The first-order valence-electron chi connectivity index (χ1n) is 6.42. The van der Waals surface area contributed by atoms with Crippen LogP contribution >= 0.6 is 0 Å². The fourth-order valence-corrected chi connectivity index (χ4v) is 1.70. The maximum atomic E-state index is 13.0. The Hall–Kier alpha value is -2.83. The second-order valence-electron chi connectivity index (χ2n) is 4.52. The zero-order valence-electron chi connectivity index (χ0n) is 11.7. The lowest BCUT2D eigenvalue weighted by atomic mass is 10.2. The summed E-state index contributed by atoms with van der Waals surface area (Å²) >= 11 is 0. The van der Waals surface area contributed by atoms with Crippen molar-refractivity contribution in [1.82, 2.24) is 10.3 Å². The van der Waals surface area contributed by atoms with Gasteiger partial charge in [0.05, 0.1) is 6.54 Å². The molecule has 0 spiro atoms. The SMILES string of the molecule is Cc1cccc(NC(=O)CNC(=O)c2ccc(F)c(F)c2)n1. The lowest BCUT2D eigenvalue weighted by Gasteiger charge is -2.07. The minimum Gasteiger partial charge on any atom is -0.343 e. The number of amides is 2. The minimum absolute atomic E-state index is 0.0691. The molecule has 0 saturated heterocycles. The third-order valence-electron chi connectivity index (χ3n) is 2.75. The van der Waals surface area contributed by atoms with Crippen molar-refractivity contribution in [3.63, 3.8) is 0 Å². The molecule has 7 heteroatoms. The number of rotatable bonds is 4. The molecule has 1 aromatic heterocycles. The van der Waals surface area contributed by atoms with Crippen LogP contribution in [-0.2, 0) is 4.79 Å². The molecule has 0 radical (unpaired) electrons. The molecule has 2 amide bonds. The van der Waals surface area contributed by atoms with Crippen LogP contribution < -0.4 is 10.6 Å². The fourth-order valence-electron chi connectivity index (χ4n) is 1.70. The molecule has 22 heavy (non-hydrogen) atoms. The van der Waals surface area contributed by atoms with E-state index in [2.05, 4.69) is 15.6 Å². The van der Waals surface area contributed by atoms with E-state index in [0.717, 1.165) is 23.9 Å². The monoisotopic (exact) mass is 305 g/mol. The number of nitrogens with one attached hydrogen (secondary N) is 2. The zero-order chi connectivity index (χ0) is 16.1. The molecule has 114 valence electrons. The van der Waals surface area contributed by atoms with Gasteiger partial charge in [-0.05, 0) is 37.3 Å². The van der Waals surface area contributed by atoms with Crippen LogP contribution in [0, 0.1) is 18.6 Å². The molecule has 5 nitrogen and oxygen atoms in total. The summed E-state index contributed by atoms with van der Waals surface area (Å²) in [6.45, 7) is 1.47. The maximum Gasteiger partial charge on any atom is 0.251 e. The highest BCUT2D eigenvalue weighted by atomic mass is 19.2. The van der Waals surface area contributed by atoms with Gasteiger partial charge in [0.25, 0.3) is 5.91 Å². The van der Waals surface area contributed by atoms with Crippen LogP contribution in [0.15, 0.2) is 36.4 Å². The first-order chi connectivity index (χ1) is 10.5. The summed E-state index contributed by atoms with van der Waals surface area (Å²) in [6, 6.07) is 7.87. The van der Waals surface area contributed by atoms with Gasteiger partial charge >= 0.3 is 0 Å². The van der Waals surface area contributed by atoms with Crippen molar-refractivity contribution in [2.45, 2.75) is 6.92 Å². The summed E-state index contributed by atoms with van der Waals surface area (Å²) in [7, 11) is 0. The predicted molar refractivity (Wildman–Crippen MR) is 76.3 cm³/mol. The normalized spacial score (nSPS) is 10.1. The lowest BCUT2D eigenvalue weighted by molar-refractivity contribution is -0.115. The Kier molecular flexibility index (Phi) is 4.77. The van der Waals surface area contributed by atoms with Gasteiger partial charge in [-0.25, -0.2) is 13.8 Å². The Bertz CT molecular complexity index is 720. The van der Waals surface area contributed by atoms with Gasteiger partial charge in [0.15, 0.2) is 11.6 Å². The van der Waals surface area contributed by atoms with Crippen LogP contribution in [0.5, 0.6) is 0 Å². The second-order valence-corrected chi connectivity index (χ2v) is 4.52. The van der Waals surface area contributed by atoms with Crippen molar-refractivity contribution in [3.8, 4) is 0 Å². The van der Waals surface area contributed by atoms with Gasteiger partial charge < -0.3 is 10.6 Å². The van der Waals surface area contributed by atoms with Crippen molar-refractivity contribution < 1.29 is 18.4 Å². The van der Waals surface area contributed by atoms with E-state index in [0.29, 0.717) is 5.82 Å². The fraction of sp³-hybridized carbons (Fsp3) is 0.133. The third kappa shape index (κ3) is 4.08. The van der Waals surface area contributed by atoms with Crippen molar-refractivity contribution >= 4 is 17.6 Å². The number of hydrogen-bond donors (Lipinski definition) is 2. The molecule has 0 atom stereocenters. The summed E-state index contributed by atoms with van der Waals surface area (Å²) < 4.78 is 25.8. The summed E-state index contributed by atoms with van der Waals surface area (Å²) in [5.74, 6) is -2.95. The standard InChI is InChI=1S/C15H13F2N3O2/c1-9-3-2-4-13(19-9)20-14(21)8-18-15(22)10-5-6-11(16)12(17)7-10/h2-7H,8H2,1H3,(H,18,22)(H,19,20,21). The largest absolute Gasteiger partial charge is 0.343 e. The minimum atomic E-state index is -1.12. The Balaban J connectivity index is 1.90. The number of carbonyl (C=O) groups is 2. The van der Waals surface area contributed by atoms with Crippen LogP contribution in [0.25, 0.3) is 0 Å². The van der Waals surface area contributed by atoms with E-state index < -0.39 is 23.4 Å². The highest BCUT2D eigenvalue weighted by molar-refractivity contribution is 5.99. The molecule has 1 aromatic carbocycles. The number of nitrogens with zero attached hydrogens (tertiary/aromatic N) is 1. The highest BCUT2D eigenvalue weighted by Crippen LogP contribution is 2.08. The number of pyridine rings is 1. The third-order valence-corrected chi connectivity index (χ3v) is 2.75. The van der Waals surface area contributed by atoms with Crippen molar-refractivity contribution in [3.05, 3.63) is 59.3 Å². The number of anilines is 1. The van der Waals surface area contributed by atoms with E-state index in [1.165, 1.54) is 0 Å². The second kappa shape index (κ2) is 6.75. The highest BCUT2D eigenvalue weighted by Gasteiger charge is 2.11. The molecule has 2 rings (SSSR count). The Morgan fingerprint density at radius 3 is 2.59 bits per heavy atom. The molecular weight excluding hydrogens is 292 g/mol. The number of benzene rings is 1. The van der Waals surface area contributed by atoms with Gasteiger partial charge in [-0.15, -0.1) is 0 Å². The van der Waals surface area contributed by atoms with Gasteiger partial charge in [-0.1, -0.05) is 6.07 Å². The van der Waals surface area contributed by atoms with E-state index >= 15 is 0 Å². The molecule has 2 aromatic rings. The van der Waals surface area contributed by atoms with Gasteiger partial charge in [0.1, 0.15) is 5.82 Å². The van der Waals surface area contributed by atoms with E-state index in [9.17, 15) is 18.4 Å². The first-order valence-corrected chi connectivity index (χ1v) is 6.42. The van der Waals surface area contributed by atoms with Crippen LogP contribution in [0.4, 0.5) is 14.6 Å². The average Bonchev–Trinajstić information content (AvgIpc) is 2.47. The zero-order valence-corrected chi connectivity index (χ0v) is 11.7. The number of halogens is 2. The topological polar surface area (TPSA) is 71.1 Å². The number of hydrogen-bond acceptors (Lipinski definition) is 3. The lowest BCUT2D eigenvalue weighted by Crippen LogP contribution is -2.33. The van der Waals surface area contributed by atoms with Crippen LogP contribution in [0.1, 0.15) is 16.1 Å². The first kappa shape index (κ1) is 15.6. The molecule has 0 saturated carbocycles. The molecular formula is C15H13F2N3O2. The van der Waals surface area contributed by atoms with Crippen molar-refractivity contribution in [2.24, 2.45) is 0 Å².